The molecule has 0 spiro atoms. The molecular formula is C15H19N3O3. The first-order valence-electron chi connectivity index (χ1n) is 6.78. The zero-order valence-corrected chi connectivity index (χ0v) is 12.4. The second kappa shape index (κ2) is 5.55. The Balaban J connectivity index is 2.20. The number of fused-ring (bicyclic) bond motifs is 1. The molecule has 1 aromatic carbocycles. The standard InChI is InChI=1S/C15H19N3O3/c1-15(2,3)16-12(19)8-9-18-11-7-5-4-6-10(11)13(17-18)14(20)21/h4-7H,8-9H2,1-3H3,(H,16,19)(H,20,21). The van der Waals surface area contributed by atoms with Crippen LogP contribution in [-0.2, 0) is 11.3 Å². The molecule has 1 heterocycles. The lowest BCUT2D eigenvalue weighted by atomic mass is 10.1. The number of hydrogen-bond donors (Lipinski definition) is 2. The van der Waals surface area contributed by atoms with Crippen LogP contribution in [0.15, 0.2) is 24.3 Å². The molecular weight excluding hydrogens is 270 g/mol. The molecule has 0 aliphatic carbocycles. The second-order valence-electron chi connectivity index (χ2n) is 5.94. The number of benzene rings is 1. The maximum atomic E-state index is 11.8. The van der Waals surface area contributed by atoms with Gasteiger partial charge in [0, 0.05) is 17.3 Å². The van der Waals surface area contributed by atoms with Crippen LogP contribution in [0.4, 0.5) is 0 Å². The van der Waals surface area contributed by atoms with Crippen molar-refractivity contribution >= 4 is 22.8 Å². The number of carboxylic acid groups (broad SMARTS) is 1. The van der Waals surface area contributed by atoms with Gasteiger partial charge in [0.15, 0.2) is 5.69 Å². The number of nitrogens with zero attached hydrogens (tertiary/aromatic N) is 2. The van der Waals surface area contributed by atoms with Crippen molar-refractivity contribution in [3.05, 3.63) is 30.0 Å². The Morgan fingerprint density at radius 1 is 1.29 bits per heavy atom. The molecule has 2 aromatic rings. The molecule has 0 saturated carbocycles. The zero-order chi connectivity index (χ0) is 15.6. The van der Waals surface area contributed by atoms with Crippen LogP contribution in [0.2, 0.25) is 0 Å². The van der Waals surface area contributed by atoms with Crippen LogP contribution in [0, 0.1) is 0 Å². The predicted octanol–water partition coefficient (Wildman–Crippen LogP) is 2.04. The van der Waals surface area contributed by atoms with Crippen LogP contribution in [0.25, 0.3) is 10.9 Å². The summed E-state index contributed by atoms with van der Waals surface area (Å²) in [5.41, 5.74) is 0.454. The van der Waals surface area contributed by atoms with Gasteiger partial charge < -0.3 is 10.4 Å². The number of para-hydroxylation sites is 1. The van der Waals surface area contributed by atoms with Gasteiger partial charge in [0.1, 0.15) is 0 Å². The fraction of sp³-hybridized carbons (Fsp3) is 0.400. The van der Waals surface area contributed by atoms with E-state index in [1.54, 1.807) is 22.9 Å². The first-order valence-corrected chi connectivity index (χ1v) is 6.78. The SMILES string of the molecule is CC(C)(C)NC(=O)CCn1nc(C(=O)O)c2ccccc21. The van der Waals surface area contributed by atoms with Gasteiger partial charge in [-0.2, -0.15) is 5.10 Å². The summed E-state index contributed by atoms with van der Waals surface area (Å²) in [7, 11) is 0. The van der Waals surface area contributed by atoms with Gasteiger partial charge in [-0.1, -0.05) is 18.2 Å². The number of nitrogens with one attached hydrogen (secondary N) is 1. The Kier molecular flexibility index (Phi) is 3.97. The van der Waals surface area contributed by atoms with Gasteiger partial charge in [0.2, 0.25) is 5.91 Å². The van der Waals surface area contributed by atoms with E-state index in [-0.39, 0.29) is 23.6 Å². The second-order valence-corrected chi connectivity index (χ2v) is 5.94. The Morgan fingerprint density at radius 2 is 1.95 bits per heavy atom. The summed E-state index contributed by atoms with van der Waals surface area (Å²) in [5.74, 6) is -1.15. The monoisotopic (exact) mass is 289 g/mol. The van der Waals surface area contributed by atoms with Crippen molar-refractivity contribution in [3.63, 3.8) is 0 Å². The maximum Gasteiger partial charge on any atom is 0.357 e. The van der Waals surface area contributed by atoms with Crippen LogP contribution >= 0.6 is 0 Å². The molecule has 0 saturated heterocycles. The van der Waals surface area contributed by atoms with Crippen molar-refractivity contribution in [2.24, 2.45) is 0 Å². The third kappa shape index (κ3) is 3.59. The highest BCUT2D eigenvalue weighted by atomic mass is 16.4. The van der Waals surface area contributed by atoms with Crippen LogP contribution in [0.1, 0.15) is 37.7 Å². The predicted molar refractivity (Wildman–Crippen MR) is 79.2 cm³/mol. The van der Waals surface area contributed by atoms with Gasteiger partial charge in [-0.3, -0.25) is 9.48 Å². The lowest BCUT2D eigenvalue weighted by molar-refractivity contribution is -0.122. The molecule has 2 rings (SSSR count). The van der Waals surface area contributed by atoms with E-state index in [2.05, 4.69) is 10.4 Å². The number of carbonyl (C=O) groups excluding carboxylic acids is 1. The number of rotatable bonds is 4. The van der Waals surface area contributed by atoms with Crippen molar-refractivity contribution in [1.29, 1.82) is 0 Å². The number of carboxylic acids is 1. The van der Waals surface area contributed by atoms with E-state index < -0.39 is 5.97 Å². The van der Waals surface area contributed by atoms with Gasteiger partial charge in [-0.05, 0) is 26.8 Å². The lowest BCUT2D eigenvalue weighted by Gasteiger charge is -2.20. The number of amides is 1. The van der Waals surface area contributed by atoms with Gasteiger partial charge in [-0.25, -0.2) is 4.79 Å². The molecule has 1 aromatic heterocycles. The molecule has 0 aliphatic rings. The van der Waals surface area contributed by atoms with Crippen molar-refractivity contribution in [2.75, 3.05) is 0 Å². The quantitative estimate of drug-likeness (QED) is 0.902. The number of carbonyl (C=O) groups is 2. The summed E-state index contributed by atoms with van der Waals surface area (Å²) in [6, 6.07) is 7.11. The Morgan fingerprint density at radius 3 is 2.57 bits per heavy atom. The van der Waals surface area contributed by atoms with Gasteiger partial charge in [0.25, 0.3) is 0 Å². The maximum absolute atomic E-state index is 11.8. The molecule has 0 atom stereocenters. The Hall–Kier alpha value is -2.37. The third-order valence-electron chi connectivity index (χ3n) is 2.93. The lowest BCUT2D eigenvalue weighted by Crippen LogP contribution is -2.40. The van der Waals surface area contributed by atoms with E-state index in [1.807, 2.05) is 26.8 Å². The molecule has 0 aliphatic heterocycles. The summed E-state index contributed by atoms with van der Waals surface area (Å²) < 4.78 is 1.57. The zero-order valence-electron chi connectivity index (χ0n) is 12.4. The minimum absolute atomic E-state index is 0.0156. The van der Waals surface area contributed by atoms with Gasteiger partial charge >= 0.3 is 5.97 Å². The van der Waals surface area contributed by atoms with Crippen molar-refractivity contribution < 1.29 is 14.7 Å². The summed E-state index contributed by atoms with van der Waals surface area (Å²) in [6.07, 6.45) is 0.252. The first kappa shape index (κ1) is 15.0. The molecule has 21 heavy (non-hydrogen) atoms. The number of hydrogen-bond acceptors (Lipinski definition) is 3. The van der Waals surface area contributed by atoms with E-state index in [9.17, 15) is 14.7 Å². The molecule has 0 fully saturated rings. The average molecular weight is 289 g/mol. The molecule has 6 heteroatoms. The van der Waals surface area contributed by atoms with Crippen LogP contribution < -0.4 is 5.32 Å². The minimum Gasteiger partial charge on any atom is -0.476 e. The van der Waals surface area contributed by atoms with Crippen LogP contribution in [0.3, 0.4) is 0 Å². The Bertz CT molecular complexity index is 683. The molecule has 0 unspecified atom stereocenters. The van der Waals surface area contributed by atoms with Gasteiger partial charge in [0.05, 0.1) is 12.1 Å². The van der Waals surface area contributed by atoms with E-state index in [1.165, 1.54) is 0 Å². The highest BCUT2D eigenvalue weighted by Crippen LogP contribution is 2.18. The highest BCUT2D eigenvalue weighted by molar-refractivity contribution is 6.01. The molecule has 0 radical (unpaired) electrons. The number of aryl methyl sites for hydroxylation is 1. The van der Waals surface area contributed by atoms with Crippen molar-refractivity contribution in [1.82, 2.24) is 15.1 Å². The molecule has 2 N–H and O–H groups in total. The van der Waals surface area contributed by atoms with E-state index in [4.69, 9.17) is 0 Å². The van der Waals surface area contributed by atoms with Crippen LogP contribution in [0.5, 0.6) is 0 Å². The normalized spacial score (nSPS) is 11.6. The topological polar surface area (TPSA) is 84.2 Å². The number of aromatic nitrogens is 2. The smallest absolute Gasteiger partial charge is 0.357 e. The van der Waals surface area contributed by atoms with E-state index >= 15 is 0 Å². The van der Waals surface area contributed by atoms with Crippen molar-refractivity contribution in [3.8, 4) is 0 Å². The fourth-order valence-electron chi connectivity index (χ4n) is 2.14. The first-order chi connectivity index (χ1) is 9.78. The summed E-state index contributed by atoms with van der Waals surface area (Å²) in [4.78, 5) is 23.0. The molecule has 1 amide bonds. The highest BCUT2D eigenvalue weighted by Gasteiger charge is 2.17. The minimum atomic E-state index is -1.07. The number of aromatic carboxylic acids is 1. The fourth-order valence-corrected chi connectivity index (χ4v) is 2.14. The summed E-state index contributed by atoms with van der Waals surface area (Å²) in [5, 5.41) is 16.7. The largest absolute Gasteiger partial charge is 0.476 e. The summed E-state index contributed by atoms with van der Waals surface area (Å²) >= 11 is 0. The molecule has 6 nitrogen and oxygen atoms in total. The van der Waals surface area contributed by atoms with E-state index in [0.717, 1.165) is 5.52 Å². The average Bonchev–Trinajstić information content (AvgIpc) is 2.73. The van der Waals surface area contributed by atoms with Crippen LogP contribution in [-0.4, -0.2) is 32.3 Å². The third-order valence-corrected chi connectivity index (χ3v) is 2.93. The molecule has 0 bridgehead atoms. The summed E-state index contributed by atoms with van der Waals surface area (Å²) in [6.45, 7) is 6.08. The Labute approximate surface area is 122 Å². The van der Waals surface area contributed by atoms with Gasteiger partial charge in [-0.15, -0.1) is 0 Å². The van der Waals surface area contributed by atoms with Crippen molar-refractivity contribution in [2.45, 2.75) is 39.3 Å². The molecule has 112 valence electrons. The van der Waals surface area contributed by atoms with E-state index in [0.29, 0.717) is 11.9 Å².